The maximum atomic E-state index is 13.6. The summed E-state index contributed by atoms with van der Waals surface area (Å²) in [5.74, 6) is -0.360. The zero-order chi connectivity index (χ0) is 23.8. The van der Waals surface area contributed by atoms with Gasteiger partial charge in [-0.15, -0.1) is 0 Å². The molecule has 1 aliphatic rings. The van der Waals surface area contributed by atoms with Crippen molar-refractivity contribution in [2.45, 2.75) is 45.1 Å². The van der Waals surface area contributed by atoms with Crippen molar-refractivity contribution in [1.82, 2.24) is 0 Å². The lowest BCUT2D eigenvalue weighted by Gasteiger charge is -2.42. The van der Waals surface area contributed by atoms with Crippen molar-refractivity contribution in [1.29, 1.82) is 0 Å². The van der Waals surface area contributed by atoms with Gasteiger partial charge in [-0.3, -0.25) is 9.69 Å². The van der Waals surface area contributed by atoms with E-state index in [1.807, 2.05) is 32.9 Å². The number of rotatable bonds is 4. The Morgan fingerprint density at radius 1 is 1.09 bits per heavy atom. The smallest absolute Gasteiger partial charge is 0.414 e. The lowest BCUT2D eigenvalue weighted by atomic mass is 9.99. The van der Waals surface area contributed by atoms with Crippen molar-refractivity contribution >= 4 is 44.8 Å². The van der Waals surface area contributed by atoms with Gasteiger partial charge in [0.15, 0.2) is 9.84 Å². The van der Waals surface area contributed by atoms with Crippen LogP contribution in [0.15, 0.2) is 35.2 Å². The molecule has 2 aromatic rings. The number of sulfone groups is 1. The molecule has 0 N–H and O–H groups in total. The Balaban J connectivity index is 2.13. The van der Waals surface area contributed by atoms with Crippen molar-refractivity contribution in [3.63, 3.8) is 0 Å². The van der Waals surface area contributed by atoms with Crippen molar-refractivity contribution in [3.8, 4) is 0 Å². The standard InChI is InChI=1S/C23H27ClN2O5S/c1-6-16-13-25(22(27)18-9-8-17(12-19(18)24)32(5,29)30)20-10-14(3)15(4)11-21(20)26(16)23(28)31-7-2/h8-12,16H,6-7,13H2,1-5H3. The summed E-state index contributed by atoms with van der Waals surface area (Å²) in [5, 5.41) is 0.0594. The average molecular weight is 479 g/mol. The summed E-state index contributed by atoms with van der Waals surface area (Å²) in [4.78, 5) is 29.6. The summed E-state index contributed by atoms with van der Waals surface area (Å²) >= 11 is 6.33. The Morgan fingerprint density at radius 2 is 1.72 bits per heavy atom. The number of halogens is 1. The number of carbonyl (C=O) groups excluding carboxylic acids is 2. The molecule has 1 aliphatic heterocycles. The van der Waals surface area contributed by atoms with Crippen molar-refractivity contribution in [2.75, 3.05) is 29.2 Å². The third-order valence-electron chi connectivity index (χ3n) is 5.68. The van der Waals surface area contributed by atoms with Gasteiger partial charge in [-0.05, 0) is 68.7 Å². The normalized spacial score (nSPS) is 16.0. The highest BCUT2D eigenvalue weighted by Gasteiger charge is 2.38. The van der Waals surface area contributed by atoms with E-state index in [1.54, 1.807) is 16.7 Å². The second-order valence-corrected chi connectivity index (χ2v) is 10.3. The van der Waals surface area contributed by atoms with Crippen LogP contribution < -0.4 is 9.80 Å². The monoisotopic (exact) mass is 478 g/mol. The predicted octanol–water partition coefficient (Wildman–Crippen LogP) is 4.76. The number of ether oxygens (including phenoxy) is 1. The van der Waals surface area contributed by atoms with Crippen LogP contribution in [0, 0.1) is 13.8 Å². The van der Waals surface area contributed by atoms with E-state index >= 15 is 0 Å². The third-order valence-corrected chi connectivity index (χ3v) is 7.10. The molecule has 2 amide bonds. The van der Waals surface area contributed by atoms with Crippen LogP contribution in [0.3, 0.4) is 0 Å². The summed E-state index contributed by atoms with van der Waals surface area (Å²) in [6.07, 6.45) is 1.24. The van der Waals surface area contributed by atoms with Crippen molar-refractivity contribution in [3.05, 3.63) is 52.0 Å². The summed E-state index contributed by atoms with van der Waals surface area (Å²) in [7, 11) is -3.45. The van der Waals surface area contributed by atoms with Gasteiger partial charge >= 0.3 is 6.09 Å². The van der Waals surface area contributed by atoms with E-state index in [1.165, 1.54) is 18.2 Å². The highest BCUT2D eigenvalue weighted by molar-refractivity contribution is 7.90. The van der Waals surface area contributed by atoms with Gasteiger partial charge in [0.2, 0.25) is 0 Å². The minimum atomic E-state index is -3.45. The molecule has 172 valence electrons. The fraction of sp³-hybridized carbons (Fsp3) is 0.391. The number of benzene rings is 2. The highest BCUT2D eigenvalue weighted by atomic mass is 35.5. The Morgan fingerprint density at radius 3 is 2.25 bits per heavy atom. The van der Waals surface area contributed by atoms with Gasteiger partial charge in [-0.2, -0.15) is 0 Å². The molecule has 1 unspecified atom stereocenters. The fourth-order valence-electron chi connectivity index (χ4n) is 3.77. The molecule has 9 heteroatoms. The maximum absolute atomic E-state index is 13.6. The van der Waals surface area contributed by atoms with Crippen LogP contribution in [0.1, 0.15) is 41.8 Å². The number of amides is 2. The fourth-order valence-corrected chi connectivity index (χ4v) is 4.75. The van der Waals surface area contributed by atoms with Crippen LogP contribution in [-0.4, -0.2) is 45.9 Å². The van der Waals surface area contributed by atoms with Crippen LogP contribution in [0.25, 0.3) is 0 Å². The molecule has 0 radical (unpaired) electrons. The molecule has 0 spiro atoms. The number of fused-ring (bicyclic) bond motifs is 1. The van der Waals surface area contributed by atoms with E-state index in [4.69, 9.17) is 16.3 Å². The maximum Gasteiger partial charge on any atom is 0.414 e. The number of nitrogens with zero attached hydrogens (tertiary/aromatic N) is 2. The molecular formula is C23H27ClN2O5S. The molecule has 0 fully saturated rings. The second-order valence-electron chi connectivity index (χ2n) is 7.89. The average Bonchev–Trinajstić information content (AvgIpc) is 2.72. The Kier molecular flexibility index (Phi) is 6.86. The van der Waals surface area contributed by atoms with Gasteiger partial charge in [-0.25, -0.2) is 13.2 Å². The number of hydrogen-bond acceptors (Lipinski definition) is 5. The molecular weight excluding hydrogens is 452 g/mol. The summed E-state index contributed by atoms with van der Waals surface area (Å²) in [5.41, 5.74) is 3.33. The Labute approximate surface area is 193 Å². The minimum Gasteiger partial charge on any atom is -0.449 e. The Bertz CT molecular complexity index is 1180. The van der Waals surface area contributed by atoms with E-state index < -0.39 is 15.9 Å². The highest BCUT2D eigenvalue weighted by Crippen LogP contribution is 2.40. The molecule has 3 rings (SSSR count). The van der Waals surface area contributed by atoms with Crippen LogP contribution >= 0.6 is 11.6 Å². The minimum absolute atomic E-state index is 0.0458. The predicted molar refractivity (Wildman–Crippen MR) is 126 cm³/mol. The molecule has 1 heterocycles. The lowest BCUT2D eigenvalue weighted by molar-refractivity contribution is 0.0981. The zero-order valence-corrected chi connectivity index (χ0v) is 20.4. The van der Waals surface area contributed by atoms with E-state index in [2.05, 4.69) is 0 Å². The van der Waals surface area contributed by atoms with Crippen LogP contribution in [-0.2, 0) is 14.6 Å². The van der Waals surface area contributed by atoms with Gasteiger partial charge in [0.1, 0.15) is 0 Å². The van der Waals surface area contributed by atoms with Gasteiger partial charge in [0, 0.05) is 12.8 Å². The van der Waals surface area contributed by atoms with Crippen molar-refractivity contribution in [2.24, 2.45) is 0 Å². The van der Waals surface area contributed by atoms with Crippen LogP contribution in [0.2, 0.25) is 5.02 Å². The first-order valence-electron chi connectivity index (χ1n) is 10.4. The lowest BCUT2D eigenvalue weighted by Crippen LogP contribution is -2.53. The molecule has 32 heavy (non-hydrogen) atoms. The van der Waals surface area contributed by atoms with Gasteiger partial charge in [0.25, 0.3) is 5.91 Å². The SMILES string of the molecule is CCOC(=O)N1c2cc(C)c(C)cc2N(C(=O)c2ccc(S(C)(=O)=O)cc2Cl)CC1CC. The quantitative estimate of drug-likeness (QED) is 0.632. The number of hydrogen-bond donors (Lipinski definition) is 0. The van der Waals surface area contributed by atoms with Gasteiger partial charge in [-0.1, -0.05) is 18.5 Å². The van der Waals surface area contributed by atoms with E-state index in [-0.39, 0.29) is 40.6 Å². The molecule has 0 saturated heterocycles. The third kappa shape index (κ3) is 4.47. The van der Waals surface area contributed by atoms with E-state index in [9.17, 15) is 18.0 Å². The molecule has 0 saturated carbocycles. The van der Waals surface area contributed by atoms with Gasteiger partial charge < -0.3 is 9.64 Å². The van der Waals surface area contributed by atoms with Gasteiger partial charge in [0.05, 0.1) is 39.5 Å². The second kappa shape index (κ2) is 9.11. The zero-order valence-electron chi connectivity index (χ0n) is 18.8. The number of anilines is 2. The van der Waals surface area contributed by atoms with Crippen molar-refractivity contribution < 1.29 is 22.7 Å². The topological polar surface area (TPSA) is 84.0 Å². The molecule has 7 nitrogen and oxygen atoms in total. The first-order chi connectivity index (χ1) is 15.0. The molecule has 0 bridgehead atoms. The molecule has 2 aromatic carbocycles. The number of aryl methyl sites for hydroxylation is 2. The molecule has 0 aliphatic carbocycles. The number of carbonyl (C=O) groups is 2. The summed E-state index contributed by atoms with van der Waals surface area (Å²) in [6.45, 7) is 8.08. The first-order valence-corrected chi connectivity index (χ1v) is 12.6. The summed E-state index contributed by atoms with van der Waals surface area (Å²) in [6, 6.07) is 7.57. The van der Waals surface area contributed by atoms with E-state index in [0.717, 1.165) is 17.4 Å². The largest absolute Gasteiger partial charge is 0.449 e. The van der Waals surface area contributed by atoms with Crippen LogP contribution in [0.5, 0.6) is 0 Å². The Hall–Kier alpha value is -2.58. The molecule has 1 atom stereocenters. The van der Waals surface area contributed by atoms with Crippen LogP contribution in [0.4, 0.5) is 16.2 Å². The van der Waals surface area contributed by atoms with E-state index in [0.29, 0.717) is 17.8 Å². The molecule has 0 aromatic heterocycles. The summed E-state index contributed by atoms with van der Waals surface area (Å²) < 4.78 is 29.0. The first kappa shape index (κ1) is 24.1.